The molecule has 0 saturated carbocycles. The van der Waals surface area contributed by atoms with Crippen molar-refractivity contribution in [2.45, 2.75) is 36.7 Å². The first-order valence-electron chi connectivity index (χ1n) is 8.48. The Morgan fingerprint density at radius 2 is 2.00 bits per heavy atom. The van der Waals surface area contributed by atoms with Crippen LogP contribution < -0.4 is 16.0 Å². The molecule has 0 spiro atoms. The second-order valence-electron chi connectivity index (χ2n) is 6.51. The van der Waals surface area contributed by atoms with Crippen LogP contribution in [0.2, 0.25) is 0 Å². The number of non-ortho nitro benzene ring substituents is 1. The highest BCUT2D eigenvalue weighted by molar-refractivity contribution is 7.89. The minimum absolute atomic E-state index is 0.0231. The number of aromatic nitrogens is 2. The lowest BCUT2D eigenvalue weighted by atomic mass is 10.2. The van der Waals surface area contributed by atoms with E-state index < -0.39 is 44.6 Å². The van der Waals surface area contributed by atoms with Crippen molar-refractivity contribution in [2.75, 3.05) is 6.54 Å². The monoisotopic (exact) mass is 426 g/mol. The zero-order valence-corrected chi connectivity index (χ0v) is 16.0. The molecule has 1 fully saturated rings. The molecule has 3 atom stereocenters. The van der Waals surface area contributed by atoms with Gasteiger partial charge >= 0.3 is 5.69 Å². The minimum Gasteiger partial charge on any atom is -0.390 e. The van der Waals surface area contributed by atoms with E-state index in [9.17, 15) is 33.2 Å². The standard InChI is InChI=1S/C16H18N4O8S/c1-9-8-19(16(23)18-15(9)22)14-6-12(21)13(28-14)7-17-29(26,27)11-4-2-10(3-5-11)20(24)25/h2-5,8,12-14,17,21H,6-7H2,1H3,(H,18,22,23)/t12-,13+,14-/m0/s1. The number of nitrogens with zero attached hydrogens (tertiary/aromatic N) is 2. The largest absolute Gasteiger partial charge is 0.390 e. The van der Waals surface area contributed by atoms with Crippen molar-refractivity contribution in [1.29, 1.82) is 0 Å². The van der Waals surface area contributed by atoms with Gasteiger partial charge in [0.05, 0.1) is 22.0 Å². The first-order valence-corrected chi connectivity index (χ1v) is 9.96. The summed E-state index contributed by atoms with van der Waals surface area (Å²) in [5.74, 6) is 0. The van der Waals surface area contributed by atoms with Crippen LogP contribution >= 0.6 is 0 Å². The lowest BCUT2D eigenvalue weighted by Crippen LogP contribution is -2.37. The van der Waals surface area contributed by atoms with Crippen LogP contribution in [0.15, 0.2) is 44.9 Å². The van der Waals surface area contributed by atoms with Gasteiger partial charge in [0.2, 0.25) is 10.0 Å². The Bertz CT molecular complexity index is 1140. The number of aliphatic hydroxyl groups is 1. The number of sulfonamides is 1. The third-order valence-corrected chi connectivity index (χ3v) is 5.93. The zero-order valence-electron chi connectivity index (χ0n) is 15.1. The molecule has 156 valence electrons. The maximum Gasteiger partial charge on any atom is 0.330 e. The highest BCUT2D eigenvalue weighted by Crippen LogP contribution is 2.27. The van der Waals surface area contributed by atoms with Gasteiger partial charge in [0.25, 0.3) is 11.2 Å². The van der Waals surface area contributed by atoms with E-state index in [1.165, 1.54) is 13.1 Å². The Labute approximate surface area is 164 Å². The average Bonchev–Trinajstić information content (AvgIpc) is 3.03. The van der Waals surface area contributed by atoms with Crippen LogP contribution in [0, 0.1) is 17.0 Å². The Hall–Kier alpha value is -2.87. The van der Waals surface area contributed by atoms with Crippen LogP contribution in [0.1, 0.15) is 18.2 Å². The Morgan fingerprint density at radius 3 is 2.62 bits per heavy atom. The molecular weight excluding hydrogens is 408 g/mol. The number of benzene rings is 1. The predicted molar refractivity (Wildman–Crippen MR) is 98.9 cm³/mol. The summed E-state index contributed by atoms with van der Waals surface area (Å²) in [5.41, 5.74) is -1.20. The molecule has 1 saturated heterocycles. The molecule has 0 amide bonds. The Morgan fingerprint density at radius 1 is 1.34 bits per heavy atom. The fourth-order valence-electron chi connectivity index (χ4n) is 2.89. The zero-order chi connectivity index (χ0) is 21.3. The summed E-state index contributed by atoms with van der Waals surface area (Å²) in [7, 11) is -4.00. The smallest absolute Gasteiger partial charge is 0.330 e. The summed E-state index contributed by atoms with van der Waals surface area (Å²) in [5, 5.41) is 20.8. The molecule has 0 aliphatic carbocycles. The number of H-pyrrole nitrogens is 1. The molecular formula is C16H18N4O8S. The second-order valence-corrected chi connectivity index (χ2v) is 8.28. The molecule has 1 aliphatic heterocycles. The number of aryl methyl sites for hydroxylation is 1. The third kappa shape index (κ3) is 4.42. The summed E-state index contributed by atoms with van der Waals surface area (Å²) in [6.45, 7) is 1.23. The molecule has 13 heteroatoms. The number of aromatic amines is 1. The van der Waals surface area contributed by atoms with E-state index in [1.54, 1.807) is 0 Å². The fourth-order valence-corrected chi connectivity index (χ4v) is 3.94. The van der Waals surface area contributed by atoms with Crippen LogP contribution in [0.25, 0.3) is 0 Å². The van der Waals surface area contributed by atoms with Crippen LogP contribution in [0.3, 0.4) is 0 Å². The first kappa shape index (κ1) is 20.9. The SMILES string of the molecule is Cc1cn([C@@H]2C[C@H](O)[C@@H](CNS(=O)(=O)c3ccc([N+](=O)[O-])cc3)O2)c(=O)[nH]c1=O. The molecule has 0 unspecified atom stereocenters. The van der Waals surface area contributed by atoms with Gasteiger partial charge in [-0.05, 0) is 19.1 Å². The van der Waals surface area contributed by atoms with Crippen LogP contribution in [0.4, 0.5) is 5.69 Å². The minimum atomic E-state index is -4.00. The van der Waals surface area contributed by atoms with Crippen LogP contribution in [0.5, 0.6) is 0 Å². The number of hydrogen-bond donors (Lipinski definition) is 3. The van der Waals surface area contributed by atoms with Gasteiger partial charge in [0.1, 0.15) is 6.23 Å². The van der Waals surface area contributed by atoms with E-state index in [2.05, 4.69) is 9.71 Å². The summed E-state index contributed by atoms with van der Waals surface area (Å²) in [4.78, 5) is 35.4. The van der Waals surface area contributed by atoms with Gasteiger partial charge in [0.15, 0.2) is 0 Å². The van der Waals surface area contributed by atoms with E-state index >= 15 is 0 Å². The van der Waals surface area contributed by atoms with Gasteiger partial charge in [-0.1, -0.05) is 0 Å². The second kappa shape index (κ2) is 7.87. The van der Waals surface area contributed by atoms with Crippen molar-refractivity contribution in [3.05, 3.63) is 67.0 Å². The summed E-state index contributed by atoms with van der Waals surface area (Å²) < 4.78 is 33.7. The highest BCUT2D eigenvalue weighted by atomic mass is 32.2. The molecule has 3 N–H and O–H groups in total. The number of ether oxygens (including phenoxy) is 1. The molecule has 1 aromatic carbocycles. The van der Waals surface area contributed by atoms with Gasteiger partial charge in [-0.25, -0.2) is 17.9 Å². The molecule has 0 radical (unpaired) electrons. The van der Waals surface area contributed by atoms with Gasteiger partial charge < -0.3 is 9.84 Å². The molecule has 0 bridgehead atoms. The third-order valence-electron chi connectivity index (χ3n) is 4.49. The van der Waals surface area contributed by atoms with Crippen molar-refractivity contribution in [1.82, 2.24) is 14.3 Å². The summed E-state index contributed by atoms with van der Waals surface area (Å²) in [6, 6.07) is 4.32. The van der Waals surface area contributed by atoms with Gasteiger partial charge in [-0.2, -0.15) is 0 Å². The van der Waals surface area contributed by atoms with E-state index in [-0.39, 0.29) is 29.1 Å². The average molecular weight is 426 g/mol. The number of nitro groups is 1. The lowest BCUT2D eigenvalue weighted by molar-refractivity contribution is -0.384. The van der Waals surface area contributed by atoms with Crippen molar-refractivity contribution in [3.63, 3.8) is 0 Å². The normalized spacial score (nSPS) is 21.9. The molecule has 1 aromatic heterocycles. The lowest BCUT2D eigenvalue weighted by Gasteiger charge is -2.17. The topological polar surface area (TPSA) is 174 Å². The maximum atomic E-state index is 12.4. The maximum absolute atomic E-state index is 12.4. The molecule has 3 rings (SSSR count). The van der Waals surface area contributed by atoms with E-state index in [4.69, 9.17) is 4.74 Å². The van der Waals surface area contributed by atoms with Gasteiger partial charge in [-0.3, -0.25) is 24.5 Å². The quantitative estimate of drug-likeness (QED) is 0.405. The highest BCUT2D eigenvalue weighted by Gasteiger charge is 2.36. The van der Waals surface area contributed by atoms with Gasteiger partial charge in [-0.15, -0.1) is 0 Å². The molecule has 2 heterocycles. The number of aliphatic hydroxyl groups excluding tert-OH is 1. The molecule has 12 nitrogen and oxygen atoms in total. The number of rotatable bonds is 6. The van der Waals surface area contributed by atoms with Crippen molar-refractivity contribution < 1.29 is 23.2 Å². The van der Waals surface area contributed by atoms with E-state index in [0.29, 0.717) is 0 Å². The first-order chi connectivity index (χ1) is 13.6. The number of nitrogens with one attached hydrogen (secondary N) is 2. The number of nitro benzene ring substituents is 1. The predicted octanol–water partition coefficient (Wildman–Crippen LogP) is -0.620. The van der Waals surface area contributed by atoms with Crippen LogP contribution in [-0.2, 0) is 14.8 Å². The summed E-state index contributed by atoms with van der Waals surface area (Å²) in [6.07, 6.45) is -1.54. The van der Waals surface area contributed by atoms with E-state index in [0.717, 1.165) is 28.8 Å². The Balaban J connectivity index is 1.69. The Kier molecular flexibility index (Phi) is 5.66. The molecule has 2 aromatic rings. The van der Waals surface area contributed by atoms with Crippen LogP contribution in [-0.4, -0.2) is 46.8 Å². The summed E-state index contributed by atoms with van der Waals surface area (Å²) >= 11 is 0. The van der Waals surface area contributed by atoms with Crippen molar-refractivity contribution in [2.24, 2.45) is 0 Å². The van der Waals surface area contributed by atoms with E-state index in [1.807, 2.05) is 0 Å². The molecule has 29 heavy (non-hydrogen) atoms. The van der Waals surface area contributed by atoms with Gasteiger partial charge in [0, 0.05) is 36.9 Å². The van der Waals surface area contributed by atoms with Crippen molar-refractivity contribution in [3.8, 4) is 0 Å². The number of hydrogen-bond acceptors (Lipinski definition) is 8. The molecule has 1 aliphatic rings. The fraction of sp³-hybridized carbons (Fsp3) is 0.375. The van der Waals surface area contributed by atoms with Crippen molar-refractivity contribution >= 4 is 15.7 Å².